The number of thioether (sulfide) groups is 1. The molecule has 0 aromatic heterocycles. The van der Waals surface area contributed by atoms with E-state index in [1.54, 1.807) is 30.3 Å². The molecule has 0 radical (unpaired) electrons. The highest BCUT2D eigenvalue weighted by atomic mass is 32.2. The molecule has 76 valence electrons. The van der Waals surface area contributed by atoms with Crippen LogP contribution < -0.4 is 5.32 Å². The minimum Gasteiger partial charge on any atom is -0.508 e. The zero-order valence-corrected chi connectivity index (χ0v) is 8.47. The fourth-order valence-electron chi connectivity index (χ4n) is 1.16. The van der Waals surface area contributed by atoms with Crippen LogP contribution in [0.1, 0.15) is 5.56 Å². The van der Waals surface area contributed by atoms with Crippen LogP contribution in [0.2, 0.25) is 0 Å². The van der Waals surface area contributed by atoms with Crippen molar-refractivity contribution in [3.63, 3.8) is 0 Å². The summed E-state index contributed by atoms with van der Waals surface area (Å²) in [5.41, 5.74) is 0.820. The smallest absolute Gasteiger partial charge is 0.264 e. The van der Waals surface area contributed by atoms with Gasteiger partial charge in [-0.3, -0.25) is 10.2 Å². The molecule has 1 saturated heterocycles. The maximum Gasteiger partial charge on any atom is 0.264 e. The van der Waals surface area contributed by atoms with Crippen molar-refractivity contribution in [3.05, 3.63) is 34.7 Å². The molecule has 0 spiro atoms. The van der Waals surface area contributed by atoms with Crippen LogP contribution in [0.3, 0.4) is 0 Å². The summed E-state index contributed by atoms with van der Waals surface area (Å²) in [6.45, 7) is 0. The first kappa shape index (κ1) is 9.79. The molecule has 1 fully saturated rings. The predicted octanol–water partition coefficient (Wildman–Crippen LogP) is 1.53. The number of rotatable bonds is 1. The van der Waals surface area contributed by atoms with Crippen molar-refractivity contribution in [2.75, 3.05) is 0 Å². The molecule has 1 aliphatic rings. The molecule has 1 aliphatic heterocycles. The molecule has 0 atom stereocenters. The number of phenolic OH excluding ortho intramolecular Hbond substituents is 1. The first-order chi connectivity index (χ1) is 7.15. The van der Waals surface area contributed by atoms with Crippen molar-refractivity contribution in [2.45, 2.75) is 0 Å². The van der Waals surface area contributed by atoms with E-state index < -0.39 is 0 Å². The molecule has 1 aromatic rings. The second kappa shape index (κ2) is 3.78. The third kappa shape index (κ3) is 2.19. The fraction of sp³-hybridized carbons (Fsp3) is 0. The molecule has 4 nitrogen and oxygen atoms in total. The Morgan fingerprint density at radius 1 is 1.33 bits per heavy atom. The quantitative estimate of drug-likeness (QED) is 0.628. The van der Waals surface area contributed by atoms with Gasteiger partial charge in [-0.2, -0.15) is 0 Å². The van der Waals surface area contributed by atoms with Crippen LogP contribution in [-0.4, -0.2) is 16.2 Å². The van der Waals surface area contributed by atoms with Crippen molar-refractivity contribution in [1.82, 2.24) is 5.32 Å². The number of aromatic hydroxyl groups is 1. The van der Waals surface area contributed by atoms with Gasteiger partial charge in [0, 0.05) is 0 Å². The van der Waals surface area contributed by atoms with E-state index in [-0.39, 0.29) is 16.8 Å². The number of nitrogens with one attached hydrogen (secondary N) is 2. The molecule has 5 heteroatoms. The average molecular weight is 220 g/mol. The van der Waals surface area contributed by atoms with E-state index >= 15 is 0 Å². The standard InChI is InChI=1S/C10H8N2O2S/c11-10-12-9(14)8(15-10)5-6-1-3-7(13)4-2-6/h1-5,13H,(H2,11,12,14)/b8-5+. The van der Waals surface area contributed by atoms with Crippen LogP contribution in [-0.2, 0) is 4.79 Å². The lowest BCUT2D eigenvalue weighted by atomic mass is 10.2. The molecule has 1 aromatic carbocycles. The van der Waals surface area contributed by atoms with Gasteiger partial charge in [0.1, 0.15) is 5.75 Å². The summed E-state index contributed by atoms with van der Waals surface area (Å²) < 4.78 is 0. The summed E-state index contributed by atoms with van der Waals surface area (Å²) in [5.74, 6) is -0.0634. The van der Waals surface area contributed by atoms with Crippen LogP contribution in [0.4, 0.5) is 0 Å². The van der Waals surface area contributed by atoms with Crippen LogP contribution in [0.25, 0.3) is 6.08 Å². The van der Waals surface area contributed by atoms with E-state index in [2.05, 4.69) is 5.32 Å². The van der Waals surface area contributed by atoms with E-state index in [0.29, 0.717) is 4.91 Å². The fourth-order valence-corrected chi connectivity index (χ4v) is 1.87. The molecular formula is C10H8N2O2S. The van der Waals surface area contributed by atoms with Gasteiger partial charge in [-0.15, -0.1) is 0 Å². The number of amidine groups is 1. The SMILES string of the molecule is N=C1NC(=O)/C(=C\c2ccc(O)cc2)S1. The Hall–Kier alpha value is -1.75. The number of hydrogen-bond donors (Lipinski definition) is 3. The second-order valence-electron chi connectivity index (χ2n) is 2.99. The van der Waals surface area contributed by atoms with Gasteiger partial charge in [0.2, 0.25) is 0 Å². The van der Waals surface area contributed by atoms with Gasteiger partial charge < -0.3 is 10.4 Å². The highest BCUT2D eigenvalue weighted by Gasteiger charge is 2.21. The highest BCUT2D eigenvalue weighted by molar-refractivity contribution is 8.18. The molecule has 1 heterocycles. The van der Waals surface area contributed by atoms with Crippen molar-refractivity contribution in [3.8, 4) is 5.75 Å². The molecule has 0 unspecified atom stereocenters. The van der Waals surface area contributed by atoms with Crippen LogP contribution in [0, 0.1) is 5.41 Å². The van der Waals surface area contributed by atoms with Crippen molar-refractivity contribution in [2.24, 2.45) is 0 Å². The zero-order valence-electron chi connectivity index (χ0n) is 7.65. The van der Waals surface area contributed by atoms with E-state index in [9.17, 15) is 4.79 Å². The Bertz CT molecular complexity index is 451. The summed E-state index contributed by atoms with van der Waals surface area (Å²) in [5, 5.41) is 18.9. The molecule has 0 bridgehead atoms. The maximum absolute atomic E-state index is 11.3. The normalized spacial score (nSPS) is 18.3. The Kier molecular flexibility index (Phi) is 2.47. The number of hydrogen-bond acceptors (Lipinski definition) is 4. The van der Waals surface area contributed by atoms with Crippen LogP contribution >= 0.6 is 11.8 Å². The number of carbonyl (C=O) groups is 1. The molecule has 15 heavy (non-hydrogen) atoms. The van der Waals surface area contributed by atoms with Gasteiger partial charge in [0.15, 0.2) is 5.17 Å². The molecule has 1 amide bonds. The minimum atomic E-state index is -0.252. The lowest BCUT2D eigenvalue weighted by Crippen LogP contribution is -2.18. The summed E-state index contributed by atoms with van der Waals surface area (Å²) in [6, 6.07) is 6.51. The monoisotopic (exact) mass is 220 g/mol. The first-order valence-corrected chi connectivity index (χ1v) is 5.05. The third-order valence-corrected chi connectivity index (χ3v) is 2.68. The summed E-state index contributed by atoms with van der Waals surface area (Å²) >= 11 is 1.09. The Morgan fingerprint density at radius 3 is 2.53 bits per heavy atom. The van der Waals surface area contributed by atoms with E-state index in [1.807, 2.05) is 0 Å². The molecule has 3 N–H and O–H groups in total. The topological polar surface area (TPSA) is 73.2 Å². The third-order valence-electron chi connectivity index (χ3n) is 1.85. The number of phenols is 1. The molecular weight excluding hydrogens is 212 g/mol. The Labute approximate surface area is 90.5 Å². The van der Waals surface area contributed by atoms with Crippen molar-refractivity contribution in [1.29, 1.82) is 5.41 Å². The summed E-state index contributed by atoms with van der Waals surface area (Å²) in [6.07, 6.45) is 1.68. The molecule has 2 rings (SSSR count). The van der Waals surface area contributed by atoms with E-state index in [1.165, 1.54) is 0 Å². The first-order valence-electron chi connectivity index (χ1n) is 4.23. The maximum atomic E-state index is 11.3. The zero-order chi connectivity index (χ0) is 10.8. The van der Waals surface area contributed by atoms with Gasteiger partial charge in [0.05, 0.1) is 4.91 Å². The minimum absolute atomic E-state index is 0.144. The van der Waals surface area contributed by atoms with Gasteiger partial charge in [-0.25, -0.2) is 0 Å². The number of benzene rings is 1. The van der Waals surface area contributed by atoms with Gasteiger partial charge in [0.25, 0.3) is 5.91 Å². The molecule has 0 saturated carbocycles. The number of amides is 1. The molecule has 0 aliphatic carbocycles. The second-order valence-corrected chi connectivity index (χ2v) is 4.04. The van der Waals surface area contributed by atoms with Crippen molar-refractivity contribution >= 4 is 28.9 Å². The average Bonchev–Trinajstić information content (AvgIpc) is 2.49. The van der Waals surface area contributed by atoms with Gasteiger partial charge in [-0.1, -0.05) is 12.1 Å². The lowest BCUT2D eigenvalue weighted by Gasteiger charge is -1.95. The highest BCUT2D eigenvalue weighted by Crippen LogP contribution is 2.25. The largest absolute Gasteiger partial charge is 0.508 e. The number of carbonyl (C=O) groups excluding carboxylic acids is 1. The Balaban J connectivity index is 2.27. The Morgan fingerprint density at radius 2 is 2.00 bits per heavy atom. The van der Waals surface area contributed by atoms with Gasteiger partial charge in [-0.05, 0) is 35.5 Å². The summed E-state index contributed by atoms with van der Waals surface area (Å²) in [4.78, 5) is 11.8. The lowest BCUT2D eigenvalue weighted by molar-refractivity contribution is -0.115. The van der Waals surface area contributed by atoms with Crippen molar-refractivity contribution < 1.29 is 9.90 Å². The summed E-state index contributed by atoms with van der Waals surface area (Å²) in [7, 11) is 0. The van der Waals surface area contributed by atoms with E-state index in [0.717, 1.165) is 17.3 Å². The van der Waals surface area contributed by atoms with Gasteiger partial charge >= 0.3 is 0 Å². The van der Waals surface area contributed by atoms with Crippen LogP contribution in [0.5, 0.6) is 5.75 Å². The predicted molar refractivity (Wildman–Crippen MR) is 59.5 cm³/mol. The van der Waals surface area contributed by atoms with Crippen LogP contribution in [0.15, 0.2) is 29.2 Å². The van der Waals surface area contributed by atoms with E-state index in [4.69, 9.17) is 10.5 Å².